The van der Waals surface area contributed by atoms with Crippen molar-refractivity contribution in [2.45, 2.75) is 45.9 Å². The topological polar surface area (TPSA) is 84.2 Å². The van der Waals surface area contributed by atoms with Gasteiger partial charge < -0.3 is 14.2 Å². The summed E-state index contributed by atoms with van der Waals surface area (Å²) in [5.41, 5.74) is 5.45. The number of hydrogen-bond donors (Lipinski definition) is 0. The molecule has 0 aliphatic rings. The quantitative estimate of drug-likeness (QED) is 0.132. The largest absolute Gasteiger partial charge is 0.497 e. The van der Waals surface area contributed by atoms with Gasteiger partial charge in [0.1, 0.15) is 18.1 Å². The smallest absolute Gasteiger partial charge is 0.205 e. The van der Waals surface area contributed by atoms with E-state index in [9.17, 15) is 0 Å². The Hall–Kier alpha value is -4.08. The van der Waals surface area contributed by atoms with E-state index < -0.39 is 8.07 Å². The summed E-state index contributed by atoms with van der Waals surface area (Å²) < 4.78 is 17.3. The van der Waals surface area contributed by atoms with Gasteiger partial charge in [0.2, 0.25) is 5.82 Å². The summed E-state index contributed by atoms with van der Waals surface area (Å²) in [7, 11) is 0.529. The van der Waals surface area contributed by atoms with Crippen molar-refractivity contribution in [3.63, 3.8) is 0 Å². The van der Waals surface area contributed by atoms with Crippen molar-refractivity contribution in [1.29, 1.82) is 0 Å². The molecule has 0 radical (unpaired) electrons. The first-order valence-electron chi connectivity index (χ1n) is 13.3. The molecule has 0 amide bonds. The number of tetrazole rings is 1. The fourth-order valence-electron chi connectivity index (χ4n) is 3.85. The zero-order valence-corrected chi connectivity index (χ0v) is 24.9. The minimum Gasteiger partial charge on any atom is -0.497 e. The van der Waals surface area contributed by atoms with Gasteiger partial charge in [0.15, 0.2) is 12.5 Å². The van der Waals surface area contributed by atoms with Crippen molar-refractivity contribution in [1.82, 2.24) is 25.2 Å². The van der Waals surface area contributed by atoms with Crippen LogP contribution in [0.4, 0.5) is 0 Å². The minimum atomic E-state index is -1.13. The molecule has 9 heteroatoms. The lowest BCUT2D eigenvalue weighted by molar-refractivity contribution is 0.0674. The molecule has 0 spiro atoms. The van der Waals surface area contributed by atoms with Gasteiger partial charge in [-0.1, -0.05) is 68.7 Å². The third kappa shape index (κ3) is 8.21. The van der Waals surface area contributed by atoms with E-state index in [1.807, 2.05) is 73.7 Å². The molecule has 2 aromatic heterocycles. The Balaban J connectivity index is 1.44. The van der Waals surface area contributed by atoms with Gasteiger partial charge in [-0.05, 0) is 59.2 Å². The van der Waals surface area contributed by atoms with E-state index in [0.717, 1.165) is 45.3 Å². The average Bonchev–Trinajstić information content (AvgIpc) is 3.42. The predicted molar refractivity (Wildman–Crippen MR) is 163 cm³/mol. The summed E-state index contributed by atoms with van der Waals surface area (Å²) >= 11 is 0. The maximum atomic E-state index is 6.27. The highest BCUT2D eigenvalue weighted by Gasteiger charge is 2.13. The molecule has 4 aromatic rings. The third-order valence-corrected chi connectivity index (χ3v) is 7.87. The van der Waals surface area contributed by atoms with Gasteiger partial charge in [0.05, 0.1) is 7.11 Å². The van der Waals surface area contributed by atoms with E-state index >= 15 is 0 Å². The van der Waals surface area contributed by atoms with E-state index in [1.54, 1.807) is 13.3 Å². The SMILES string of the molecule is C=C(C)c1ccnc(/C=C/c2ccc(-c3nnn(COCC[Si](C)(C)C)n3)cc2)c1OCc1cccc(OC)c1. The Morgan fingerprint density at radius 1 is 1.05 bits per heavy atom. The monoisotopic (exact) mass is 555 g/mol. The van der Waals surface area contributed by atoms with Crippen LogP contribution < -0.4 is 9.47 Å². The van der Waals surface area contributed by atoms with E-state index in [2.05, 4.69) is 46.6 Å². The van der Waals surface area contributed by atoms with Crippen LogP contribution in [-0.4, -0.2) is 47.0 Å². The van der Waals surface area contributed by atoms with E-state index in [0.29, 0.717) is 31.5 Å². The maximum absolute atomic E-state index is 6.27. The van der Waals surface area contributed by atoms with Gasteiger partial charge >= 0.3 is 0 Å². The van der Waals surface area contributed by atoms with Crippen LogP contribution in [0.2, 0.25) is 25.7 Å². The highest BCUT2D eigenvalue weighted by molar-refractivity contribution is 6.76. The Labute approximate surface area is 237 Å². The highest BCUT2D eigenvalue weighted by atomic mass is 28.3. The first-order valence-corrected chi connectivity index (χ1v) is 17.0. The van der Waals surface area contributed by atoms with Gasteiger partial charge in [-0.25, -0.2) is 0 Å². The molecule has 208 valence electrons. The van der Waals surface area contributed by atoms with E-state index in [4.69, 9.17) is 14.2 Å². The van der Waals surface area contributed by atoms with Crippen molar-refractivity contribution < 1.29 is 14.2 Å². The van der Waals surface area contributed by atoms with Crippen LogP contribution in [0.15, 0.2) is 67.4 Å². The van der Waals surface area contributed by atoms with Gasteiger partial charge in [0, 0.05) is 32.0 Å². The standard InChI is InChI=1S/C31H37N5O3Si/c1-23(2)28-16-17-32-29(30(28)39-21-25-8-7-9-27(20-25)37-3)15-12-24-10-13-26(14-11-24)31-33-35-36(34-31)22-38-18-19-40(4,5)6/h7-17,20H,1,18-19,21-22H2,2-6H3/b15-12+. The number of aromatic nitrogens is 5. The molecular weight excluding hydrogens is 518 g/mol. The van der Waals surface area contributed by atoms with Crippen LogP contribution in [0.1, 0.15) is 29.3 Å². The number of ether oxygens (including phenoxy) is 3. The van der Waals surface area contributed by atoms with Crippen molar-refractivity contribution in [2.24, 2.45) is 0 Å². The van der Waals surface area contributed by atoms with Gasteiger partial charge in [0.25, 0.3) is 0 Å². The number of benzene rings is 2. The van der Waals surface area contributed by atoms with Crippen molar-refractivity contribution in [3.8, 4) is 22.9 Å². The summed E-state index contributed by atoms with van der Waals surface area (Å²) in [5.74, 6) is 2.05. The molecule has 0 saturated heterocycles. The van der Waals surface area contributed by atoms with Crippen molar-refractivity contribution in [2.75, 3.05) is 13.7 Å². The lowest BCUT2D eigenvalue weighted by Gasteiger charge is -2.14. The molecule has 0 aliphatic carbocycles. The Kier molecular flexibility index (Phi) is 9.63. The first kappa shape index (κ1) is 28.9. The zero-order chi connectivity index (χ0) is 28.5. The fourth-order valence-corrected chi connectivity index (χ4v) is 4.60. The second kappa shape index (κ2) is 13.3. The molecule has 0 N–H and O–H groups in total. The Morgan fingerprint density at radius 3 is 2.58 bits per heavy atom. The lowest BCUT2D eigenvalue weighted by atomic mass is 10.1. The number of rotatable bonds is 13. The van der Waals surface area contributed by atoms with Gasteiger partial charge in [-0.2, -0.15) is 0 Å². The molecule has 0 saturated carbocycles. The van der Waals surface area contributed by atoms with Crippen LogP contribution in [0.5, 0.6) is 11.5 Å². The summed E-state index contributed by atoms with van der Waals surface area (Å²) in [5, 5.41) is 12.8. The molecule has 4 rings (SSSR count). The van der Waals surface area contributed by atoms with Crippen LogP contribution >= 0.6 is 0 Å². The summed E-state index contributed by atoms with van der Waals surface area (Å²) in [4.78, 5) is 6.06. The average molecular weight is 556 g/mol. The fraction of sp³-hybridized carbons (Fsp3) is 0.290. The summed E-state index contributed by atoms with van der Waals surface area (Å²) in [6, 6.07) is 18.8. The summed E-state index contributed by atoms with van der Waals surface area (Å²) in [6.07, 6.45) is 5.73. The molecule has 0 fully saturated rings. The molecule has 2 aromatic carbocycles. The minimum absolute atomic E-state index is 0.302. The molecule has 0 aliphatic heterocycles. The van der Waals surface area contributed by atoms with Crippen LogP contribution in [0.3, 0.4) is 0 Å². The lowest BCUT2D eigenvalue weighted by Crippen LogP contribution is -2.22. The molecular formula is C31H37N5O3Si. The van der Waals surface area contributed by atoms with Crippen molar-refractivity contribution >= 4 is 25.8 Å². The first-order chi connectivity index (χ1) is 19.2. The molecule has 0 atom stereocenters. The number of allylic oxidation sites excluding steroid dienone is 1. The Bertz CT molecular complexity index is 1460. The summed E-state index contributed by atoms with van der Waals surface area (Å²) in [6.45, 7) is 14.5. The second-order valence-corrected chi connectivity index (χ2v) is 16.4. The van der Waals surface area contributed by atoms with Crippen LogP contribution in [0, 0.1) is 0 Å². The molecule has 2 heterocycles. The number of pyridine rings is 1. The third-order valence-electron chi connectivity index (χ3n) is 6.17. The molecule has 0 bridgehead atoms. The predicted octanol–water partition coefficient (Wildman–Crippen LogP) is 6.84. The molecule has 0 unspecified atom stereocenters. The van der Waals surface area contributed by atoms with Crippen LogP contribution in [0.25, 0.3) is 29.1 Å². The van der Waals surface area contributed by atoms with Crippen molar-refractivity contribution in [3.05, 3.63) is 89.8 Å². The number of methoxy groups -OCH3 is 1. The Morgan fingerprint density at radius 2 is 1.85 bits per heavy atom. The molecule has 8 nitrogen and oxygen atoms in total. The highest BCUT2D eigenvalue weighted by Crippen LogP contribution is 2.30. The normalized spacial score (nSPS) is 11.6. The maximum Gasteiger partial charge on any atom is 0.205 e. The number of hydrogen-bond acceptors (Lipinski definition) is 7. The van der Waals surface area contributed by atoms with E-state index in [-0.39, 0.29) is 0 Å². The zero-order valence-electron chi connectivity index (χ0n) is 23.9. The van der Waals surface area contributed by atoms with Gasteiger partial charge in [-0.3, -0.25) is 4.98 Å². The van der Waals surface area contributed by atoms with E-state index in [1.165, 1.54) is 4.80 Å². The van der Waals surface area contributed by atoms with Crippen LogP contribution in [-0.2, 0) is 18.1 Å². The van der Waals surface area contributed by atoms with Gasteiger partial charge in [-0.15, -0.1) is 15.0 Å². The molecule has 40 heavy (non-hydrogen) atoms. The second-order valence-electron chi connectivity index (χ2n) is 10.8. The number of nitrogens with zero attached hydrogens (tertiary/aromatic N) is 5.